The number of hydrogen-bond acceptors (Lipinski definition) is 4. The topological polar surface area (TPSA) is 83.6 Å². The lowest BCUT2D eigenvalue weighted by Crippen LogP contribution is -2.50. The summed E-state index contributed by atoms with van der Waals surface area (Å²) in [6.07, 6.45) is 0. The smallest absolute Gasteiger partial charge is 0.327 e. The van der Waals surface area contributed by atoms with Gasteiger partial charge in [0.1, 0.15) is 11.9 Å². The van der Waals surface area contributed by atoms with Gasteiger partial charge in [-0.25, -0.2) is 9.18 Å². The third-order valence-corrected chi connectivity index (χ3v) is 3.94. The first-order chi connectivity index (χ1) is 9.00. The predicted molar refractivity (Wildman–Crippen MR) is 70.6 cm³/mol. The van der Waals surface area contributed by atoms with Crippen LogP contribution >= 0.6 is 11.8 Å². The fraction of sp³-hybridized carbons (Fsp3) is 0.333. The van der Waals surface area contributed by atoms with Gasteiger partial charge in [-0.05, 0) is 18.2 Å². The SMILES string of the molecule is Nc1ccc(C(=O)N2CCSCC2C(=O)O)cc1F. The van der Waals surface area contributed by atoms with Gasteiger partial charge in [0.15, 0.2) is 0 Å². The van der Waals surface area contributed by atoms with Gasteiger partial charge < -0.3 is 15.7 Å². The molecule has 2 rings (SSSR count). The number of thioether (sulfide) groups is 1. The molecule has 1 unspecified atom stereocenters. The fourth-order valence-electron chi connectivity index (χ4n) is 1.88. The van der Waals surface area contributed by atoms with E-state index in [0.29, 0.717) is 18.1 Å². The number of carboxylic acid groups (broad SMARTS) is 1. The molecule has 3 N–H and O–H groups in total. The molecule has 0 bridgehead atoms. The maximum atomic E-state index is 13.3. The Morgan fingerprint density at radius 3 is 2.84 bits per heavy atom. The maximum absolute atomic E-state index is 13.3. The zero-order valence-electron chi connectivity index (χ0n) is 10.0. The molecule has 7 heteroatoms. The molecule has 0 aromatic heterocycles. The molecule has 0 spiro atoms. The van der Waals surface area contributed by atoms with E-state index in [2.05, 4.69) is 0 Å². The summed E-state index contributed by atoms with van der Waals surface area (Å²) >= 11 is 1.48. The molecular weight excluding hydrogens is 271 g/mol. The molecule has 1 aliphatic rings. The molecule has 1 aliphatic heterocycles. The lowest BCUT2D eigenvalue weighted by molar-refractivity contribution is -0.141. The minimum absolute atomic E-state index is 0.0412. The minimum atomic E-state index is -1.04. The van der Waals surface area contributed by atoms with Crippen LogP contribution in [0, 0.1) is 5.82 Å². The molecule has 1 saturated heterocycles. The second-order valence-corrected chi connectivity index (χ2v) is 5.31. The Balaban J connectivity index is 2.26. The van der Waals surface area contributed by atoms with Gasteiger partial charge in [-0.3, -0.25) is 4.79 Å². The largest absolute Gasteiger partial charge is 0.480 e. The standard InChI is InChI=1S/C12H13FN2O3S/c13-8-5-7(1-2-9(8)14)11(16)15-3-4-19-6-10(15)12(17)18/h1-2,5,10H,3-4,6,14H2,(H,17,18). The maximum Gasteiger partial charge on any atom is 0.327 e. The van der Waals surface area contributed by atoms with Crippen LogP contribution in [-0.4, -0.2) is 46.0 Å². The third kappa shape index (κ3) is 2.81. The molecule has 1 aromatic rings. The molecule has 1 heterocycles. The number of rotatable bonds is 2. The van der Waals surface area contributed by atoms with Gasteiger partial charge in [0.05, 0.1) is 5.69 Å². The molecule has 0 radical (unpaired) electrons. The second kappa shape index (κ2) is 5.48. The first-order valence-electron chi connectivity index (χ1n) is 5.67. The van der Waals surface area contributed by atoms with Crippen LogP contribution in [0.3, 0.4) is 0 Å². The summed E-state index contributed by atoms with van der Waals surface area (Å²) in [5, 5.41) is 9.10. The van der Waals surface area contributed by atoms with Gasteiger partial charge in [0.25, 0.3) is 5.91 Å². The lowest BCUT2D eigenvalue weighted by Gasteiger charge is -2.32. The summed E-state index contributed by atoms with van der Waals surface area (Å²) in [5.41, 5.74) is 5.42. The number of hydrogen-bond donors (Lipinski definition) is 2. The summed E-state index contributed by atoms with van der Waals surface area (Å²) in [4.78, 5) is 24.6. The van der Waals surface area contributed by atoms with E-state index in [9.17, 15) is 14.0 Å². The normalized spacial score (nSPS) is 19.2. The highest BCUT2D eigenvalue weighted by Crippen LogP contribution is 2.21. The Bertz CT molecular complexity index is 524. The van der Waals surface area contributed by atoms with Crippen LogP contribution in [0.4, 0.5) is 10.1 Å². The Morgan fingerprint density at radius 1 is 1.47 bits per heavy atom. The lowest BCUT2D eigenvalue weighted by atomic mass is 10.1. The quantitative estimate of drug-likeness (QED) is 0.793. The number of nitrogen functional groups attached to an aromatic ring is 1. The van der Waals surface area contributed by atoms with E-state index < -0.39 is 23.7 Å². The van der Waals surface area contributed by atoms with Crippen LogP contribution < -0.4 is 5.73 Å². The molecule has 1 fully saturated rings. The van der Waals surface area contributed by atoms with Crippen molar-refractivity contribution in [3.05, 3.63) is 29.6 Å². The van der Waals surface area contributed by atoms with E-state index in [4.69, 9.17) is 10.8 Å². The van der Waals surface area contributed by atoms with Crippen LogP contribution in [0.5, 0.6) is 0 Å². The van der Waals surface area contributed by atoms with Crippen molar-refractivity contribution in [2.45, 2.75) is 6.04 Å². The summed E-state index contributed by atoms with van der Waals surface area (Å²) in [6, 6.07) is 2.88. The molecule has 5 nitrogen and oxygen atoms in total. The Morgan fingerprint density at radius 2 is 2.21 bits per heavy atom. The predicted octanol–water partition coefficient (Wildman–Crippen LogP) is 1.05. The van der Waals surface area contributed by atoms with E-state index in [1.165, 1.54) is 28.8 Å². The monoisotopic (exact) mass is 284 g/mol. The van der Waals surface area contributed by atoms with Gasteiger partial charge in [-0.15, -0.1) is 0 Å². The van der Waals surface area contributed by atoms with Crippen molar-refractivity contribution >= 4 is 29.3 Å². The Labute approximate surface area is 113 Å². The van der Waals surface area contributed by atoms with Gasteiger partial charge in [-0.2, -0.15) is 11.8 Å². The van der Waals surface area contributed by atoms with Crippen molar-refractivity contribution in [1.82, 2.24) is 4.90 Å². The Kier molecular flexibility index (Phi) is 3.94. The number of nitrogens with zero attached hydrogens (tertiary/aromatic N) is 1. The van der Waals surface area contributed by atoms with Crippen molar-refractivity contribution in [3.8, 4) is 0 Å². The van der Waals surface area contributed by atoms with Crippen molar-refractivity contribution in [1.29, 1.82) is 0 Å². The molecule has 1 aromatic carbocycles. The molecule has 19 heavy (non-hydrogen) atoms. The van der Waals surface area contributed by atoms with E-state index in [-0.39, 0.29) is 11.3 Å². The number of halogens is 1. The summed E-state index contributed by atoms with van der Waals surface area (Å²) in [7, 11) is 0. The zero-order valence-corrected chi connectivity index (χ0v) is 10.8. The highest BCUT2D eigenvalue weighted by Gasteiger charge is 2.32. The second-order valence-electron chi connectivity index (χ2n) is 4.16. The number of carbonyl (C=O) groups excluding carboxylic acids is 1. The van der Waals surface area contributed by atoms with Crippen LogP contribution in [0.15, 0.2) is 18.2 Å². The van der Waals surface area contributed by atoms with Crippen molar-refractivity contribution in [2.75, 3.05) is 23.8 Å². The average molecular weight is 284 g/mol. The number of amides is 1. The minimum Gasteiger partial charge on any atom is -0.480 e. The van der Waals surface area contributed by atoms with Crippen molar-refractivity contribution in [2.24, 2.45) is 0 Å². The van der Waals surface area contributed by atoms with Gasteiger partial charge >= 0.3 is 5.97 Å². The van der Waals surface area contributed by atoms with Crippen LogP contribution in [-0.2, 0) is 4.79 Å². The molecule has 0 saturated carbocycles. The summed E-state index contributed by atoms with van der Waals surface area (Å²) < 4.78 is 13.3. The van der Waals surface area contributed by atoms with E-state index in [1.807, 2.05) is 0 Å². The first kappa shape index (κ1) is 13.7. The van der Waals surface area contributed by atoms with Crippen LogP contribution in [0.1, 0.15) is 10.4 Å². The molecule has 102 valence electrons. The zero-order chi connectivity index (χ0) is 14.0. The average Bonchev–Trinajstić information content (AvgIpc) is 2.41. The molecule has 0 aliphatic carbocycles. The van der Waals surface area contributed by atoms with Gasteiger partial charge in [-0.1, -0.05) is 0 Å². The highest BCUT2D eigenvalue weighted by molar-refractivity contribution is 7.99. The van der Waals surface area contributed by atoms with Crippen molar-refractivity contribution < 1.29 is 19.1 Å². The van der Waals surface area contributed by atoms with Crippen molar-refractivity contribution in [3.63, 3.8) is 0 Å². The highest BCUT2D eigenvalue weighted by atomic mass is 32.2. The van der Waals surface area contributed by atoms with Gasteiger partial charge in [0, 0.05) is 23.6 Å². The fourth-order valence-corrected chi connectivity index (χ4v) is 2.92. The van der Waals surface area contributed by atoms with Gasteiger partial charge in [0.2, 0.25) is 0 Å². The van der Waals surface area contributed by atoms with Crippen LogP contribution in [0.2, 0.25) is 0 Å². The number of aliphatic carboxylic acids is 1. The molecular formula is C12H13FN2O3S. The van der Waals surface area contributed by atoms with E-state index >= 15 is 0 Å². The number of carboxylic acids is 1. The molecule has 1 amide bonds. The number of anilines is 1. The number of carbonyl (C=O) groups is 2. The summed E-state index contributed by atoms with van der Waals surface area (Å²) in [5.74, 6) is -1.18. The first-order valence-corrected chi connectivity index (χ1v) is 6.82. The number of benzene rings is 1. The van der Waals surface area contributed by atoms with E-state index in [1.54, 1.807) is 0 Å². The van der Waals surface area contributed by atoms with E-state index in [0.717, 1.165) is 6.07 Å². The summed E-state index contributed by atoms with van der Waals surface area (Å²) in [6.45, 7) is 0.340. The Hall–Kier alpha value is -1.76. The third-order valence-electron chi connectivity index (χ3n) is 2.92. The molecule has 1 atom stereocenters. The number of nitrogens with two attached hydrogens (primary N) is 1. The van der Waals surface area contributed by atoms with Crippen LogP contribution in [0.25, 0.3) is 0 Å².